The molecule has 3 aromatic rings. The molecule has 11 heteroatoms. The van der Waals surface area contributed by atoms with Gasteiger partial charge >= 0.3 is 0 Å². The monoisotopic (exact) mass is 623 g/mol. The van der Waals surface area contributed by atoms with Gasteiger partial charge < -0.3 is 10.2 Å². The van der Waals surface area contributed by atoms with Crippen molar-refractivity contribution in [1.29, 1.82) is 0 Å². The summed E-state index contributed by atoms with van der Waals surface area (Å²) in [6.45, 7) is 8.30. The lowest BCUT2D eigenvalue weighted by Crippen LogP contribution is -2.54. The smallest absolute Gasteiger partial charge is 0.264 e. The first-order valence-corrected chi connectivity index (χ1v) is 15.1. The van der Waals surface area contributed by atoms with E-state index in [-0.39, 0.29) is 27.2 Å². The quantitative estimate of drug-likeness (QED) is 0.295. The fourth-order valence-corrected chi connectivity index (χ4v) is 5.77. The van der Waals surface area contributed by atoms with Gasteiger partial charge in [-0.25, -0.2) is 8.42 Å². The third-order valence-electron chi connectivity index (χ3n) is 6.04. The lowest BCUT2D eigenvalue weighted by molar-refractivity contribution is -0.140. The van der Waals surface area contributed by atoms with E-state index >= 15 is 0 Å². The summed E-state index contributed by atoms with van der Waals surface area (Å²) in [6, 6.07) is 16.6. The second kappa shape index (κ2) is 12.8. The maximum atomic E-state index is 14.0. The number of benzene rings is 3. The fraction of sp³-hybridized carbons (Fsp3) is 0.310. The molecule has 214 valence electrons. The van der Waals surface area contributed by atoms with Crippen molar-refractivity contribution in [1.82, 2.24) is 10.2 Å². The molecule has 40 heavy (non-hydrogen) atoms. The Morgan fingerprint density at radius 3 is 2.10 bits per heavy atom. The van der Waals surface area contributed by atoms with E-state index < -0.39 is 40.0 Å². The maximum Gasteiger partial charge on any atom is 0.264 e. The first-order chi connectivity index (χ1) is 18.6. The Bertz CT molecular complexity index is 1490. The lowest BCUT2D eigenvalue weighted by Gasteiger charge is -2.33. The topological polar surface area (TPSA) is 86.8 Å². The van der Waals surface area contributed by atoms with E-state index in [9.17, 15) is 18.0 Å². The largest absolute Gasteiger partial charge is 0.350 e. The van der Waals surface area contributed by atoms with Crippen LogP contribution in [0.25, 0.3) is 0 Å². The van der Waals surface area contributed by atoms with Crippen LogP contribution in [0.3, 0.4) is 0 Å². The number of carbonyl (C=O) groups excluding carboxylic acids is 2. The second-order valence-electron chi connectivity index (χ2n) is 10.5. The summed E-state index contributed by atoms with van der Waals surface area (Å²) in [5, 5.41) is 3.66. The van der Waals surface area contributed by atoms with E-state index in [4.69, 9.17) is 34.8 Å². The zero-order valence-electron chi connectivity index (χ0n) is 22.9. The standard InChI is InChI=1S/C29H32Cl3N3O4S/c1-19-10-13-23(14-11-19)40(38,39)35(22-12-15-25(31)26(32)16-22)18-27(36)34(17-21-8-6-7-9-24(21)30)20(2)28(37)33-29(3,4)5/h6-16,20H,17-18H2,1-5H3,(H,33,37)/t20-/m1/s1. The van der Waals surface area contributed by atoms with E-state index in [0.717, 1.165) is 9.87 Å². The molecule has 0 spiro atoms. The zero-order chi connectivity index (χ0) is 29.8. The van der Waals surface area contributed by atoms with Crippen molar-refractivity contribution in [2.45, 2.75) is 57.6 Å². The number of carbonyl (C=O) groups is 2. The number of halogens is 3. The first-order valence-electron chi connectivity index (χ1n) is 12.5. The molecule has 3 aromatic carbocycles. The van der Waals surface area contributed by atoms with Gasteiger partial charge in [-0.15, -0.1) is 0 Å². The summed E-state index contributed by atoms with van der Waals surface area (Å²) in [5.41, 5.74) is 1.08. The molecule has 0 saturated carbocycles. The van der Waals surface area contributed by atoms with Crippen LogP contribution in [0.1, 0.15) is 38.8 Å². The van der Waals surface area contributed by atoms with E-state index in [1.165, 1.54) is 35.2 Å². The van der Waals surface area contributed by atoms with Crippen LogP contribution >= 0.6 is 34.8 Å². The highest BCUT2D eigenvalue weighted by Gasteiger charge is 2.33. The van der Waals surface area contributed by atoms with E-state index in [1.54, 1.807) is 43.3 Å². The van der Waals surface area contributed by atoms with Crippen LogP contribution in [0.4, 0.5) is 5.69 Å². The van der Waals surface area contributed by atoms with E-state index in [1.807, 2.05) is 27.7 Å². The number of hydrogen-bond acceptors (Lipinski definition) is 4. The van der Waals surface area contributed by atoms with Crippen molar-refractivity contribution in [2.24, 2.45) is 0 Å². The SMILES string of the molecule is Cc1ccc(S(=O)(=O)N(CC(=O)N(Cc2ccccc2Cl)[C@H](C)C(=O)NC(C)(C)C)c2ccc(Cl)c(Cl)c2)cc1. The predicted molar refractivity (Wildman–Crippen MR) is 162 cm³/mol. The summed E-state index contributed by atoms with van der Waals surface area (Å²) in [7, 11) is -4.23. The summed E-state index contributed by atoms with van der Waals surface area (Å²) < 4.78 is 28.7. The van der Waals surface area contributed by atoms with Crippen molar-refractivity contribution in [2.75, 3.05) is 10.8 Å². The molecular formula is C29H32Cl3N3O4S. The van der Waals surface area contributed by atoms with Crippen LogP contribution in [-0.2, 0) is 26.2 Å². The van der Waals surface area contributed by atoms with Gasteiger partial charge in [-0.3, -0.25) is 13.9 Å². The number of aryl methyl sites for hydroxylation is 1. The average Bonchev–Trinajstić information content (AvgIpc) is 2.87. The highest BCUT2D eigenvalue weighted by molar-refractivity contribution is 7.92. The molecule has 0 saturated heterocycles. The molecule has 0 bridgehead atoms. The molecule has 2 amide bonds. The first kappa shape index (κ1) is 31.7. The Morgan fingerprint density at radius 2 is 1.52 bits per heavy atom. The molecule has 0 aliphatic heterocycles. The number of rotatable bonds is 9. The highest BCUT2D eigenvalue weighted by atomic mass is 35.5. The second-order valence-corrected chi connectivity index (χ2v) is 13.5. The molecule has 3 rings (SSSR count). The lowest BCUT2D eigenvalue weighted by atomic mass is 10.1. The minimum Gasteiger partial charge on any atom is -0.350 e. The van der Waals surface area contributed by atoms with Crippen LogP contribution in [-0.4, -0.2) is 43.3 Å². The molecule has 0 radical (unpaired) electrons. The Kier molecular flexibility index (Phi) is 10.2. The van der Waals surface area contributed by atoms with Crippen LogP contribution in [0.2, 0.25) is 15.1 Å². The fourth-order valence-electron chi connectivity index (χ4n) is 3.87. The molecule has 1 atom stereocenters. The molecule has 0 aromatic heterocycles. The van der Waals surface area contributed by atoms with Gasteiger partial charge in [-0.1, -0.05) is 70.7 Å². The molecule has 0 aliphatic rings. The van der Waals surface area contributed by atoms with E-state index in [0.29, 0.717) is 10.6 Å². The van der Waals surface area contributed by atoms with Crippen molar-refractivity contribution < 1.29 is 18.0 Å². The minimum atomic E-state index is -4.23. The molecule has 1 N–H and O–H groups in total. The van der Waals surface area contributed by atoms with Gasteiger partial charge in [-0.2, -0.15) is 0 Å². The Morgan fingerprint density at radius 1 is 0.900 bits per heavy atom. The summed E-state index contributed by atoms with van der Waals surface area (Å²) in [5.74, 6) is -1.01. The van der Waals surface area contributed by atoms with Crippen LogP contribution in [0, 0.1) is 6.92 Å². The number of nitrogens with one attached hydrogen (secondary N) is 1. The Hall–Kier alpha value is -2.78. The molecule has 0 fully saturated rings. The zero-order valence-corrected chi connectivity index (χ0v) is 26.0. The molecule has 0 aliphatic carbocycles. The van der Waals surface area contributed by atoms with Crippen LogP contribution in [0.15, 0.2) is 71.6 Å². The Balaban J connectivity index is 2.08. The van der Waals surface area contributed by atoms with Crippen molar-refractivity contribution in [3.05, 3.63) is 92.9 Å². The highest BCUT2D eigenvalue weighted by Crippen LogP contribution is 2.31. The number of hydrogen-bond donors (Lipinski definition) is 1. The minimum absolute atomic E-state index is 0.00634. The summed E-state index contributed by atoms with van der Waals surface area (Å²) >= 11 is 18.7. The summed E-state index contributed by atoms with van der Waals surface area (Å²) in [4.78, 5) is 28.5. The van der Waals surface area contributed by atoms with E-state index in [2.05, 4.69) is 5.32 Å². The average molecular weight is 625 g/mol. The molecular weight excluding hydrogens is 593 g/mol. The Labute approximate surface area is 251 Å². The molecule has 0 unspecified atom stereocenters. The number of nitrogens with zero attached hydrogens (tertiary/aromatic N) is 2. The van der Waals surface area contributed by atoms with Gasteiger partial charge in [0.2, 0.25) is 11.8 Å². The number of anilines is 1. The summed E-state index contributed by atoms with van der Waals surface area (Å²) in [6.07, 6.45) is 0. The number of amides is 2. The third kappa shape index (κ3) is 7.91. The maximum absolute atomic E-state index is 14.0. The van der Waals surface area contributed by atoms with Crippen molar-refractivity contribution >= 4 is 62.3 Å². The third-order valence-corrected chi connectivity index (χ3v) is 8.94. The van der Waals surface area contributed by atoms with Gasteiger partial charge in [0.1, 0.15) is 12.6 Å². The van der Waals surface area contributed by atoms with Crippen molar-refractivity contribution in [3.63, 3.8) is 0 Å². The van der Waals surface area contributed by atoms with Gasteiger partial charge in [-0.05, 0) is 76.6 Å². The van der Waals surface area contributed by atoms with Gasteiger partial charge in [0.25, 0.3) is 10.0 Å². The van der Waals surface area contributed by atoms with Crippen LogP contribution < -0.4 is 9.62 Å². The molecule has 7 nitrogen and oxygen atoms in total. The van der Waals surface area contributed by atoms with Gasteiger partial charge in [0.15, 0.2) is 0 Å². The predicted octanol–water partition coefficient (Wildman–Crippen LogP) is 6.48. The number of sulfonamides is 1. The normalized spacial score (nSPS) is 12.5. The van der Waals surface area contributed by atoms with Gasteiger partial charge in [0.05, 0.1) is 20.6 Å². The molecule has 0 heterocycles. The van der Waals surface area contributed by atoms with Crippen LogP contribution in [0.5, 0.6) is 0 Å². The van der Waals surface area contributed by atoms with Gasteiger partial charge in [0, 0.05) is 17.1 Å². The van der Waals surface area contributed by atoms with Crippen molar-refractivity contribution in [3.8, 4) is 0 Å².